The van der Waals surface area contributed by atoms with Crippen molar-refractivity contribution in [3.05, 3.63) is 83.8 Å². The van der Waals surface area contributed by atoms with Gasteiger partial charge in [-0.25, -0.2) is 4.98 Å². The second kappa shape index (κ2) is 10.1. The van der Waals surface area contributed by atoms with Gasteiger partial charge in [0.15, 0.2) is 0 Å². The topological polar surface area (TPSA) is 90.7 Å². The second-order valence-corrected chi connectivity index (χ2v) is 6.50. The molecular weight excluding hydrogens is 410 g/mol. The minimum absolute atomic E-state index is 0. The van der Waals surface area contributed by atoms with Crippen molar-refractivity contribution in [2.24, 2.45) is 0 Å². The van der Waals surface area contributed by atoms with E-state index in [1.807, 2.05) is 12.1 Å². The molecule has 0 bridgehead atoms. The number of amides is 1. The van der Waals surface area contributed by atoms with Gasteiger partial charge in [-0.05, 0) is 60.3 Å². The molecule has 3 aromatic rings. The van der Waals surface area contributed by atoms with Crippen LogP contribution in [-0.4, -0.2) is 15.9 Å². The molecule has 2 heterocycles. The summed E-state index contributed by atoms with van der Waals surface area (Å²) >= 11 is 0. The van der Waals surface area contributed by atoms with E-state index in [1.54, 1.807) is 30.6 Å². The van der Waals surface area contributed by atoms with E-state index >= 15 is 0 Å². The summed E-state index contributed by atoms with van der Waals surface area (Å²) < 4.78 is 65.6. The van der Waals surface area contributed by atoms with Crippen molar-refractivity contribution < 1.29 is 15.8 Å². The van der Waals surface area contributed by atoms with Crippen LogP contribution in [0.15, 0.2) is 67.1 Å². The Morgan fingerprint density at radius 3 is 2.48 bits per heavy atom. The average Bonchev–Trinajstić information content (AvgIpc) is 2.94. The van der Waals surface area contributed by atoms with Crippen molar-refractivity contribution in [1.29, 1.82) is 5.26 Å². The minimum atomic E-state index is -3.31. The molecule has 2 N–H and O–H groups in total. The number of anilines is 2. The highest BCUT2D eigenvalue weighted by atomic mass is 35.5. The van der Waals surface area contributed by atoms with Crippen LogP contribution in [0, 0.1) is 11.3 Å². The Hall–Kier alpha value is -3.43. The average molecular weight is 442 g/mol. The predicted octanol–water partition coefficient (Wildman–Crippen LogP) is 5.10. The van der Waals surface area contributed by atoms with Crippen molar-refractivity contribution in [1.82, 2.24) is 9.97 Å². The normalized spacial score (nSPS) is 24.5. The molecule has 1 fully saturated rings. The fourth-order valence-electron chi connectivity index (χ4n) is 2.96. The maximum atomic E-state index is 13.0. The molecule has 6 nitrogen and oxygen atoms in total. The summed E-state index contributed by atoms with van der Waals surface area (Å²) in [5.74, 6) is -0.184. The lowest BCUT2D eigenvalue weighted by Gasteiger charge is -2.21. The molecule has 158 valence electrons. The first kappa shape index (κ1) is 13.8. The van der Waals surface area contributed by atoms with Crippen molar-refractivity contribution in [2.75, 3.05) is 10.6 Å². The van der Waals surface area contributed by atoms with Crippen molar-refractivity contribution >= 4 is 29.8 Å². The molecule has 7 heteroatoms. The summed E-state index contributed by atoms with van der Waals surface area (Å²) in [4.78, 5) is 21.2. The third-order valence-electron chi connectivity index (χ3n) is 4.57. The van der Waals surface area contributed by atoms with Gasteiger partial charge in [0.25, 0.3) is 5.91 Å². The van der Waals surface area contributed by atoms with Gasteiger partial charge in [-0.15, -0.1) is 12.4 Å². The first-order valence-corrected chi connectivity index (χ1v) is 9.15. The SMILES string of the molecule is Cl.[2H]C1([2H])C([2H])([2H])C([2H])([2H])C(C#N)(c2ccc(NC(=O)c3cccnc3NCc3ccncc3)cc2)C1([2H])[2H]. The summed E-state index contributed by atoms with van der Waals surface area (Å²) in [6, 6.07) is 13.4. The van der Waals surface area contributed by atoms with E-state index in [0.717, 1.165) is 5.56 Å². The number of nitrogens with zero attached hydrogens (tertiary/aromatic N) is 3. The Bertz CT molecular complexity index is 1370. The zero-order chi connectivity index (χ0) is 28.0. The Morgan fingerprint density at radius 1 is 1.10 bits per heavy atom. The summed E-state index contributed by atoms with van der Waals surface area (Å²) in [6.07, 6.45) is -8.25. The van der Waals surface area contributed by atoms with Gasteiger partial charge in [-0.1, -0.05) is 24.9 Å². The van der Waals surface area contributed by atoms with E-state index in [2.05, 4.69) is 20.6 Å². The molecule has 1 saturated carbocycles. The van der Waals surface area contributed by atoms with Gasteiger partial charge >= 0.3 is 0 Å². The maximum absolute atomic E-state index is 13.0. The summed E-state index contributed by atoms with van der Waals surface area (Å²) in [5.41, 5.74) is -1.65. The minimum Gasteiger partial charge on any atom is -0.365 e. The Labute approximate surface area is 199 Å². The van der Waals surface area contributed by atoms with Gasteiger partial charge in [0.05, 0.1) is 17.0 Å². The van der Waals surface area contributed by atoms with Crippen LogP contribution in [0.2, 0.25) is 0 Å². The van der Waals surface area contributed by atoms with Crippen LogP contribution < -0.4 is 10.6 Å². The number of carbonyl (C=O) groups is 1. The molecule has 0 radical (unpaired) electrons. The third kappa shape index (κ3) is 5.01. The lowest BCUT2D eigenvalue weighted by Crippen LogP contribution is -2.19. The van der Waals surface area contributed by atoms with Crippen LogP contribution in [0.4, 0.5) is 11.5 Å². The van der Waals surface area contributed by atoms with Gasteiger partial charge < -0.3 is 10.6 Å². The number of rotatable bonds is 6. The molecule has 4 rings (SSSR count). The molecule has 1 aliphatic carbocycles. The number of halogens is 1. The van der Waals surface area contributed by atoms with E-state index in [4.69, 9.17) is 11.0 Å². The molecule has 0 unspecified atom stereocenters. The highest BCUT2D eigenvalue weighted by Crippen LogP contribution is 2.40. The third-order valence-corrected chi connectivity index (χ3v) is 4.57. The molecular formula is C24H24ClN5O. The molecule has 1 amide bonds. The lowest BCUT2D eigenvalue weighted by atomic mass is 9.80. The van der Waals surface area contributed by atoms with Crippen LogP contribution in [-0.2, 0) is 12.0 Å². The Kier molecular flexibility index (Phi) is 4.47. The zero-order valence-electron chi connectivity index (χ0n) is 24.2. The van der Waals surface area contributed by atoms with E-state index in [0.29, 0.717) is 12.4 Å². The van der Waals surface area contributed by atoms with Gasteiger partial charge in [0.1, 0.15) is 5.82 Å². The van der Waals surface area contributed by atoms with Gasteiger partial charge in [-0.2, -0.15) is 5.26 Å². The molecule has 1 aromatic carbocycles. The van der Waals surface area contributed by atoms with E-state index < -0.39 is 36.8 Å². The lowest BCUT2D eigenvalue weighted by molar-refractivity contribution is 0.102. The fraction of sp³-hybridized carbons (Fsp3) is 0.250. The van der Waals surface area contributed by atoms with Crippen LogP contribution in [0.25, 0.3) is 0 Å². The first-order valence-electron chi connectivity index (χ1n) is 13.2. The molecule has 0 spiro atoms. The number of pyridine rings is 2. The van der Waals surface area contributed by atoms with Gasteiger partial charge in [0, 0.05) is 41.8 Å². The van der Waals surface area contributed by atoms with Crippen LogP contribution in [0.1, 0.15) is 57.9 Å². The monoisotopic (exact) mass is 441 g/mol. The van der Waals surface area contributed by atoms with Gasteiger partial charge in [0.2, 0.25) is 0 Å². The number of carbonyl (C=O) groups excluding carboxylic acids is 1. The Morgan fingerprint density at radius 2 is 1.81 bits per heavy atom. The number of hydrogen-bond acceptors (Lipinski definition) is 5. The highest BCUT2D eigenvalue weighted by Gasteiger charge is 2.35. The summed E-state index contributed by atoms with van der Waals surface area (Å²) in [6.45, 7) is 0.399. The van der Waals surface area contributed by atoms with Crippen LogP contribution >= 0.6 is 12.4 Å². The maximum Gasteiger partial charge on any atom is 0.259 e. The van der Waals surface area contributed by atoms with Gasteiger partial charge in [-0.3, -0.25) is 9.78 Å². The van der Waals surface area contributed by atoms with Crippen LogP contribution in [0.3, 0.4) is 0 Å². The van der Waals surface area contributed by atoms with E-state index in [1.165, 1.54) is 30.5 Å². The molecule has 31 heavy (non-hydrogen) atoms. The first-order chi connectivity index (χ1) is 17.7. The number of hydrogen-bond donors (Lipinski definition) is 2. The quantitative estimate of drug-likeness (QED) is 0.555. The molecule has 0 aliphatic heterocycles. The van der Waals surface area contributed by atoms with Crippen molar-refractivity contribution in [2.45, 2.75) is 37.5 Å². The molecule has 0 atom stereocenters. The fourth-order valence-corrected chi connectivity index (χ4v) is 2.96. The van der Waals surface area contributed by atoms with Crippen molar-refractivity contribution in [3.63, 3.8) is 0 Å². The Balaban J connectivity index is 0.00000420. The number of aromatic nitrogens is 2. The standard InChI is InChI=1S/C24H23N5O.ClH/c25-17-24(11-1-2-12-24)19-5-7-20(8-6-19)29-23(30)21-4-3-13-27-22(21)28-16-18-9-14-26-15-10-18;/h3-10,13-15H,1-2,11-12,16H2,(H,27,28)(H,29,30);1H/i1D2,2D2,11D2,12D2;. The smallest absolute Gasteiger partial charge is 0.259 e. The number of nitrogens with one attached hydrogen (secondary N) is 2. The zero-order valence-corrected chi connectivity index (χ0v) is 17.0. The van der Waals surface area contributed by atoms with Crippen LogP contribution in [0.5, 0.6) is 0 Å². The largest absolute Gasteiger partial charge is 0.365 e. The molecule has 1 aliphatic rings. The summed E-state index contributed by atoms with van der Waals surface area (Å²) in [5, 5.41) is 15.8. The van der Waals surface area contributed by atoms with E-state index in [9.17, 15) is 10.1 Å². The second-order valence-electron chi connectivity index (χ2n) is 6.50. The number of benzene rings is 1. The molecule has 2 aromatic heterocycles. The highest BCUT2D eigenvalue weighted by molar-refractivity contribution is 6.07. The predicted molar refractivity (Wildman–Crippen MR) is 123 cm³/mol. The summed E-state index contributed by atoms with van der Waals surface area (Å²) in [7, 11) is 0. The molecule has 0 saturated heterocycles. The van der Waals surface area contributed by atoms with E-state index in [-0.39, 0.29) is 29.2 Å². The van der Waals surface area contributed by atoms with Crippen molar-refractivity contribution in [3.8, 4) is 6.07 Å². The number of nitriles is 1.